The van der Waals surface area contributed by atoms with Crippen molar-refractivity contribution in [1.82, 2.24) is 15.3 Å². The molecule has 1 aliphatic carbocycles. The number of para-hydroxylation sites is 1. The number of hydrogen-bond donors (Lipinski definition) is 2. The van der Waals surface area contributed by atoms with Gasteiger partial charge in [0.1, 0.15) is 11.6 Å². The minimum Gasteiger partial charge on any atom is -0.362 e. The van der Waals surface area contributed by atoms with Gasteiger partial charge in [-0.2, -0.15) is 4.98 Å². The molecule has 0 unspecified atom stereocenters. The van der Waals surface area contributed by atoms with Gasteiger partial charge < -0.3 is 15.5 Å². The first-order valence-corrected chi connectivity index (χ1v) is 10.7. The molecule has 1 aliphatic rings. The van der Waals surface area contributed by atoms with E-state index in [1.54, 1.807) is 6.07 Å². The van der Waals surface area contributed by atoms with Crippen molar-refractivity contribution in [2.45, 2.75) is 45.7 Å². The summed E-state index contributed by atoms with van der Waals surface area (Å²) in [6, 6.07) is 15.5. The average Bonchev–Trinajstić information content (AvgIpc) is 2.75. The van der Waals surface area contributed by atoms with Gasteiger partial charge in [-0.05, 0) is 56.3 Å². The first kappa shape index (κ1) is 22.9. The minimum atomic E-state index is -0.134. The van der Waals surface area contributed by atoms with Crippen LogP contribution in [0.1, 0.15) is 38.7 Å². The summed E-state index contributed by atoms with van der Waals surface area (Å²) >= 11 is 0. The first-order valence-electron chi connectivity index (χ1n) is 10.7. The number of aromatic nitrogens is 2. The molecule has 5 nitrogen and oxygen atoms in total. The third kappa shape index (κ3) is 5.70. The number of rotatable bonds is 7. The molecule has 166 valence electrons. The summed E-state index contributed by atoms with van der Waals surface area (Å²) in [5.74, 6) is 2.14. The van der Waals surface area contributed by atoms with Crippen LogP contribution in [0.2, 0.25) is 0 Å². The van der Waals surface area contributed by atoms with E-state index < -0.39 is 0 Å². The topological polar surface area (TPSA) is 53.1 Å². The fraction of sp³-hybridized carbons (Fsp3) is 0.440. The molecule has 1 saturated carbocycles. The van der Waals surface area contributed by atoms with Gasteiger partial charge in [-0.15, -0.1) is 0 Å². The van der Waals surface area contributed by atoms with Crippen LogP contribution in [-0.2, 0) is 6.54 Å². The van der Waals surface area contributed by atoms with Crippen molar-refractivity contribution >= 4 is 22.7 Å². The van der Waals surface area contributed by atoms with Crippen LogP contribution in [0, 0.1) is 11.7 Å². The molecule has 0 spiro atoms. The highest BCUT2D eigenvalue weighted by Gasteiger charge is 2.22. The number of benzene rings is 2. The van der Waals surface area contributed by atoms with Gasteiger partial charge in [0.25, 0.3) is 0 Å². The van der Waals surface area contributed by atoms with Gasteiger partial charge in [-0.1, -0.05) is 37.8 Å². The van der Waals surface area contributed by atoms with Crippen molar-refractivity contribution in [1.29, 1.82) is 0 Å². The Balaban J connectivity index is 0.00000272. The quantitative estimate of drug-likeness (QED) is 0.545. The Kier molecular flexibility index (Phi) is 7.80. The fourth-order valence-electron chi connectivity index (χ4n) is 4.21. The summed E-state index contributed by atoms with van der Waals surface area (Å²) in [6.07, 6.45) is 4.49. The standard InChI is InChI=1S/C24H30FN5.CH4/c1-30(2)23-20-8-4-6-10-22(20)28-24(29-23)27-19-13-11-17(12-14-19)15-26-16-18-7-3-5-9-21(18)25;/h3-10,17,19,26H,11-16H2,1-2H3,(H,27,28,29);1H4. The molecule has 4 rings (SSSR count). The summed E-state index contributed by atoms with van der Waals surface area (Å²) < 4.78 is 13.7. The molecule has 6 heteroatoms. The summed E-state index contributed by atoms with van der Waals surface area (Å²) in [4.78, 5) is 11.5. The Morgan fingerprint density at radius 3 is 2.42 bits per heavy atom. The lowest BCUT2D eigenvalue weighted by Gasteiger charge is -2.29. The van der Waals surface area contributed by atoms with Crippen LogP contribution in [0.3, 0.4) is 0 Å². The molecule has 0 amide bonds. The predicted octanol–water partition coefficient (Wildman–Crippen LogP) is 5.23. The molecule has 0 bridgehead atoms. The van der Waals surface area contributed by atoms with Gasteiger partial charge in [0.2, 0.25) is 5.95 Å². The molecule has 2 N–H and O–H groups in total. The van der Waals surface area contributed by atoms with Gasteiger partial charge in [0.05, 0.1) is 5.52 Å². The van der Waals surface area contributed by atoms with Gasteiger partial charge in [0.15, 0.2) is 0 Å². The van der Waals surface area contributed by atoms with E-state index in [1.165, 1.54) is 6.07 Å². The van der Waals surface area contributed by atoms with Crippen molar-refractivity contribution in [2.24, 2.45) is 5.92 Å². The Morgan fingerprint density at radius 1 is 0.968 bits per heavy atom. The minimum absolute atomic E-state index is 0. The summed E-state index contributed by atoms with van der Waals surface area (Å²) in [5, 5.41) is 8.05. The van der Waals surface area contributed by atoms with E-state index in [0.29, 0.717) is 24.5 Å². The van der Waals surface area contributed by atoms with E-state index in [2.05, 4.69) is 16.7 Å². The molecule has 1 aromatic heterocycles. The highest BCUT2D eigenvalue weighted by Crippen LogP contribution is 2.28. The van der Waals surface area contributed by atoms with E-state index in [4.69, 9.17) is 9.97 Å². The molecule has 2 aromatic carbocycles. The molecular formula is C25H34FN5. The lowest BCUT2D eigenvalue weighted by Crippen LogP contribution is -2.31. The first-order chi connectivity index (χ1) is 14.6. The number of hydrogen-bond acceptors (Lipinski definition) is 5. The van der Waals surface area contributed by atoms with E-state index in [-0.39, 0.29) is 13.2 Å². The Labute approximate surface area is 185 Å². The largest absolute Gasteiger partial charge is 0.362 e. The normalized spacial score (nSPS) is 18.4. The predicted molar refractivity (Wildman–Crippen MR) is 128 cm³/mol. The lowest BCUT2D eigenvalue weighted by atomic mass is 9.86. The van der Waals surface area contributed by atoms with Crippen LogP contribution in [0.15, 0.2) is 48.5 Å². The monoisotopic (exact) mass is 423 g/mol. The Morgan fingerprint density at radius 2 is 1.68 bits per heavy atom. The van der Waals surface area contributed by atoms with Crippen molar-refractivity contribution < 1.29 is 4.39 Å². The summed E-state index contributed by atoms with van der Waals surface area (Å²) in [7, 11) is 4.02. The second-order valence-corrected chi connectivity index (χ2v) is 8.37. The van der Waals surface area contributed by atoms with Crippen molar-refractivity contribution in [3.63, 3.8) is 0 Å². The molecule has 1 fully saturated rings. The molecule has 0 atom stereocenters. The lowest BCUT2D eigenvalue weighted by molar-refractivity contribution is 0.323. The van der Waals surface area contributed by atoms with Gasteiger partial charge >= 0.3 is 0 Å². The van der Waals surface area contributed by atoms with Gasteiger partial charge in [-0.3, -0.25) is 0 Å². The average molecular weight is 424 g/mol. The number of nitrogens with zero attached hydrogens (tertiary/aromatic N) is 3. The number of anilines is 2. The van der Waals surface area contributed by atoms with Gasteiger partial charge in [-0.25, -0.2) is 9.37 Å². The molecule has 1 heterocycles. The Hall–Kier alpha value is -2.73. The highest BCUT2D eigenvalue weighted by molar-refractivity contribution is 5.90. The molecular weight excluding hydrogens is 389 g/mol. The number of nitrogens with one attached hydrogen (secondary N) is 2. The zero-order chi connectivity index (χ0) is 20.9. The third-order valence-corrected chi connectivity index (χ3v) is 5.89. The smallest absolute Gasteiger partial charge is 0.225 e. The second-order valence-electron chi connectivity index (χ2n) is 8.37. The maximum Gasteiger partial charge on any atom is 0.225 e. The Bertz CT molecular complexity index is 983. The highest BCUT2D eigenvalue weighted by atomic mass is 19.1. The van der Waals surface area contributed by atoms with Crippen LogP contribution < -0.4 is 15.5 Å². The molecule has 3 aromatic rings. The van der Waals surface area contributed by atoms with Crippen LogP contribution >= 0.6 is 0 Å². The second kappa shape index (κ2) is 10.5. The van der Waals surface area contributed by atoms with E-state index >= 15 is 0 Å². The molecule has 31 heavy (non-hydrogen) atoms. The van der Waals surface area contributed by atoms with Crippen molar-refractivity contribution in [3.8, 4) is 0 Å². The van der Waals surface area contributed by atoms with E-state index in [9.17, 15) is 4.39 Å². The summed E-state index contributed by atoms with van der Waals surface area (Å²) in [5.41, 5.74) is 1.70. The fourth-order valence-corrected chi connectivity index (χ4v) is 4.21. The molecule has 0 saturated heterocycles. The maximum atomic E-state index is 13.7. The van der Waals surface area contributed by atoms with Crippen molar-refractivity contribution in [3.05, 3.63) is 59.9 Å². The maximum absolute atomic E-state index is 13.7. The van der Waals surface area contributed by atoms with E-state index in [1.807, 2.05) is 49.3 Å². The van der Waals surface area contributed by atoms with Gasteiger partial charge in [0, 0.05) is 37.6 Å². The van der Waals surface area contributed by atoms with E-state index in [0.717, 1.165) is 54.5 Å². The number of fused-ring (bicyclic) bond motifs is 1. The van der Waals surface area contributed by atoms with Crippen LogP contribution in [0.4, 0.5) is 16.2 Å². The van der Waals surface area contributed by atoms with Crippen LogP contribution in [-0.4, -0.2) is 36.6 Å². The van der Waals surface area contributed by atoms with Crippen LogP contribution in [0.25, 0.3) is 10.9 Å². The third-order valence-electron chi connectivity index (χ3n) is 5.89. The number of halogens is 1. The molecule has 0 radical (unpaired) electrons. The van der Waals surface area contributed by atoms with Crippen LogP contribution in [0.5, 0.6) is 0 Å². The molecule has 0 aliphatic heterocycles. The van der Waals surface area contributed by atoms with Crippen molar-refractivity contribution in [2.75, 3.05) is 30.9 Å². The SMILES string of the molecule is C.CN(C)c1nc(NC2CCC(CNCc3ccccc3F)CC2)nc2ccccc12. The zero-order valence-corrected chi connectivity index (χ0v) is 17.7. The zero-order valence-electron chi connectivity index (χ0n) is 17.7. The summed E-state index contributed by atoms with van der Waals surface area (Å²) in [6.45, 7) is 1.52.